The van der Waals surface area contributed by atoms with Crippen molar-refractivity contribution >= 4 is 5.69 Å². The highest BCUT2D eigenvalue weighted by atomic mass is 16.6. The molecule has 0 saturated carbocycles. The molecule has 0 atom stereocenters. The molecule has 0 spiro atoms. The van der Waals surface area contributed by atoms with Crippen molar-refractivity contribution in [3.63, 3.8) is 0 Å². The summed E-state index contributed by atoms with van der Waals surface area (Å²) in [5, 5.41) is 19.7. The maximum absolute atomic E-state index is 10.7. The highest BCUT2D eigenvalue weighted by Crippen LogP contribution is 2.24. The number of rotatable bonds is 4. The number of pyridine rings is 1. The zero-order valence-corrected chi connectivity index (χ0v) is 10.2. The second kappa shape index (κ2) is 5.45. The molecule has 0 aliphatic rings. The summed E-state index contributed by atoms with van der Waals surface area (Å²) in [6.07, 6.45) is 0. The largest absolute Gasteiger partial charge is 0.439 e. The zero-order valence-electron chi connectivity index (χ0n) is 10.2. The Kier molecular flexibility index (Phi) is 3.72. The van der Waals surface area contributed by atoms with Crippen LogP contribution in [0.4, 0.5) is 5.69 Å². The van der Waals surface area contributed by atoms with Gasteiger partial charge in [0.2, 0.25) is 5.88 Å². The summed E-state index contributed by atoms with van der Waals surface area (Å²) in [7, 11) is 0. The van der Waals surface area contributed by atoms with Crippen LogP contribution in [0.15, 0.2) is 36.4 Å². The van der Waals surface area contributed by atoms with Gasteiger partial charge in [-0.05, 0) is 24.6 Å². The molecule has 0 fully saturated rings. The zero-order chi connectivity index (χ0) is 13.8. The first-order valence-corrected chi connectivity index (χ1v) is 5.60. The molecule has 0 amide bonds. The smallest absolute Gasteiger partial charge is 0.290 e. The molecule has 19 heavy (non-hydrogen) atoms. The van der Waals surface area contributed by atoms with Gasteiger partial charge in [0.25, 0.3) is 5.69 Å². The minimum Gasteiger partial charge on any atom is -0.439 e. The standard InChI is InChI=1S/C13H12N2O4/c1-9-12(15(17)18)5-6-13(14-9)19-11-4-2-3-10(7-11)8-16/h2-7,16H,8H2,1H3. The topological polar surface area (TPSA) is 85.5 Å². The summed E-state index contributed by atoms with van der Waals surface area (Å²) in [5.74, 6) is 0.797. The van der Waals surface area contributed by atoms with Gasteiger partial charge in [0, 0.05) is 12.1 Å². The van der Waals surface area contributed by atoms with Crippen molar-refractivity contribution in [3.8, 4) is 11.6 Å². The average Bonchev–Trinajstić information content (AvgIpc) is 2.38. The van der Waals surface area contributed by atoms with Crippen LogP contribution < -0.4 is 4.74 Å². The van der Waals surface area contributed by atoms with Crippen LogP contribution in [-0.2, 0) is 6.61 Å². The van der Waals surface area contributed by atoms with Gasteiger partial charge in [-0.3, -0.25) is 10.1 Å². The molecule has 6 nitrogen and oxygen atoms in total. The molecular weight excluding hydrogens is 248 g/mol. The van der Waals surface area contributed by atoms with Gasteiger partial charge in [-0.2, -0.15) is 0 Å². The van der Waals surface area contributed by atoms with E-state index in [0.29, 0.717) is 11.4 Å². The molecule has 0 aliphatic carbocycles. The van der Waals surface area contributed by atoms with E-state index < -0.39 is 4.92 Å². The fourth-order valence-electron chi connectivity index (χ4n) is 1.61. The molecule has 2 aromatic rings. The summed E-state index contributed by atoms with van der Waals surface area (Å²) >= 11 is 0. The number of hydrogen-bond donors (Lipinski definition) is 1. The van der Waals surface area contributed by atoms with Crippen molar-refractivity contribution in [2.24, 2.45) is 0 Å². The van der Waals surface area contributed by atoms with Gasteiger partial charge in [-0.15, -0.1) is 0 Å². The summed E-state index contributed by atoms with van der Waals surface area (Å²) in [4.78, 5) is 14.2. The first-order valence-electron chi connectivity index (χ1n) is 5.60. The number of aliphatic hydroxyl groups excluding tert-OH is 1. The Morgan fingerprint density at radius 2 is 2.16 bits per heavy atom. The van der Waals surface area contributed by atoms with Crippen molar-refractivity contribution in [1.29, 1.82) is 0 Å². The van der Waals surface area contributed by atoms with Crippen molar-refractivity contribution in [2.75, 3.05) is 0 Å². The first kappa shape index (κ1) is 13.0. The van der Waals surface area contributed by atoms with Crippen molar-refractivity contribution in [1.82, 2.24) is 4.98 Å². The van der Waals surface area contributed by atoms with Gasteiger partial charge >= 0.3 is 0 Å². The summed E-state index contributed by atoms with van der Waals surface area (Å²) in [6, 6.07) is 9.71. The average molecular weight is 260 g/mol. The van der Waals surface area contributed by atoms with Gasteiger partial charge in [-0.1, -0.05) is 12.1 Å². The monoisotopic (exact) mass is 260 g/mol. The Morgan fingerprint density at radius 1 is 1.37 bits per heavy atom. The normalized spacial score (nSPS) is 10.2. The third kappa shape index (κ3) is 3.05. The number of aliphatic hydroxyl groups is 1. The number of nitro groups is 1. The molecule has 0 bridgehead atoms. The van der Waals surface area contributed by atoms with Crippen LogP contribution in [0.5, 0.6) is 11.6 Å². The number of nitrogens with zero attached hydrogens (tertiary/aromatic N) is 2. The van der Waals surface area contributed by atoms with Gasteiger partial charge in [0.05, 0.1) is 11.5 Å². The molecule has 0 aliphatic heterocycles. The Labute approximate surface area is 109 Å². The van der Waals surface area contributed by atoms with E-state index in [1.54, 1.807) is 31.2 Å². The molecule has 6 heteroatoms. The molecule has 1 aromatic carbocycles. The SMILES string of the molecule is Cc1nc(Oc2cccc(CO)c2)ccc1[N+](=O)[O-]. The number of aromatic nitrogens is 1. The van der Waals surface area contributed by atoms with E-state index >= 15 is 0 Å². The number of benzene rings is 1. The molecule has 0 radical (unpaired) electrons. The van der Waals surface area contributed by atoms with E-state index in [4.69, 9.17) is 9.84 Å². The Bertz CT molecular complexity index is 613. The second-order valence-electron chi connectivity index (χ2n) is 3.92. The molecule has 2 rings (SSSR count). The minimum absolute atomic E-state index is 0.0449. The van der Waals surface area contributed by atoms with Gasteiger partial charge in [0.1, 0.15) is 11.4 Å². The summed E-state index contributed by atoms with van der Waals surface area (Å²) in [6.45, 7) is 1.47. The fraction of sp³-hybridized carbons (Fsp3) is 0.154. The van der Waals surface area contributed by atoms with E-state index in [0.717, 1.165) is 5.56 Å². The maximum atomic E-state index is 10.7. The van der Waals surface area contributed by atoms with Crippen LogP contribution in [0.1, 0.15) is 11.3 Å². The lowest BCUT2D eigenvalue weighted by molar-refractivity contribution is -0.385. The third-order valence-corrected chi connectivity index (χ3v) is 2.53. The van der Waals surface area contributed by atoms with E-state index in [2.05, 4.69) is 4.98 Å². The van der Waals surface area contributed by atoms with E-state index in [9.17, 15) is 10.1 Å². The predicted molar refractivity (Wildman–Crippen MR) is 68.1 cm³/mol. The van der Waals surface area contributed by atoms with Crippen molar-refractivity contribution in [2.45, 2.75) is 13.5 Å². The highest BCUT2D eigenvalue weighted by molar-refractivity contribution is 5.38. The van der Waals surface area contributed by atoms with Crippen molar-refractivity contribution in [3.05, 3.63) is 57.8 Å². The first-order chi connectivity index (χ1) is 9.10. The van der Waals surface area contributed by atoms with Crippen LogP contribution in [0.25, 0.3) is 0 Å². The van der Waals surface area contributed by atoms with Crippen LogP contribution in [0.2, 0.25) is 0 Å². The predicted octanol–water partition coefficient (Wildman–Crippen LogP) is 2.58. The van der Waals surface area contributed by atoms with E-state index in [-0.39, 0.29) is 18.2 Å². The second-order valence-corrected chi connectivity index (χ2v) is 3.92. The third-order valence-electron chi connectivity index (χ3n) is 2.53. The fourth-order valence-corrected chi connectivity index (χ4v) is 1.61. The molecule has 1 heterocycles. The van der Waals surface area contributed by atoms with Crippen LogP contribution in [0, 0.1) is 17.0 Å². The molecule has 0 unspecified atom stereocenters. The lowest BCUT2D eigenvalue weighted by Gasteiger charge is -2.06. The Morgan fingerprint density at radius 3 is 2.79 bits per heavy atom. The van der Waals surface area contributed by atoms with Crippen LogP contribution in [0.3, 0.4) is 0 Å². The molecule has 98 valence electrons. The summed E-state index contributed by atoms with van der Waals surface area (Å²) < 4.78 is 5.49. The lowest BCUT2D eigenvalue weighted by atomic mass is 10.2. The van der Waals surface area contributed by atoms with E-state index in [1.165, 1.54) is 12.1 Å². The highest BCUT2D eigenvalue weighted by Gasteiger charge is 2.12. The molecular formula is C13H12N2O4. The van der Waals surface area contributed by atoms with Gasteiger partial charge in [0.15, 0.2) is 0 Å². The van der Waals surface area contributed by atoms with Crippen LogP contribution in [-0.4, -0.2) is 15.0 Å². The number of aryl methyl sites for hydroxylation is 1. The number of hydrogen-bond acceptors (Lipinski definition) is 5. The van der Waals surface area contributed by atoms with E-state index in [1.807, 2.05) is 0 Å². The van der Waals surface area contributed by atoms with Gasteiger partial charge < -0.3 is 9.84 Å². The Balaban J connectivity index is 2.23. The number of ether oxygens (including phenoxy) is 1. The molecule has 0 saturated heterocycles. The minimum atomic E-state index is -0.488. The Hall–Kier alpha value is -2.47. The lowest BCUT2D eigenvalue weighted by Crippen LogP contribution is -1.96. The molecule has 1 aromatic heterocycles. The van der Waals surface area contributed by atoms with Gasteiger partial charge in [-0.25, -0.2) is 4.98 Å². The van der Waals surface area contributed by atoms with Crippen LogP contribution >= 0.6 is 0 Å². The molecule has 1 N–H and O–H groups in total. The summed E-state index contributed by atoms with van der Waals surface area (Å²) in [5.41, 5.74) is 0.966. The van der Waals surface area contributed by atoms with Crippen molar-refractivity contribution < 1.29 is 14.8 Å². The quantitative estimate of drug-likeness (QED) is 0.674. The maximum Gasteiger partial charge on any atom is 0.290 e.